The fourth-order valence-electron chi connectivity index (χ4n) is 3.83. The van der Waals surface area contributed by atoms with Crippen molar-refractivity contribution in [1.82, 2.24) is 9.97 Å². The molecular weight excluding hydrogens is 280 g/mol. The molecule has 2 heterocycles. The average molecular weight is 296 g/mol. The third-order valence-corrected chi connectivity index (χ3v) is 5.14. The Bertz CT molecular complexity index is 1020. The van der Waals surface area contributed by atoms with Crippen LogP contribution in [0.4, 0.5) is 0 Å². The molecule has 0 saturated heterocycles. The van der Waals surface area contributed by atoms with Crippen molar-refractivity contribution < 1.29 is 0 Å². The minimum atomic E-state index is 0.942. The number of aromatic nitrogens is 2. The zero-order valence-corrected chi connectivity index (χ0v) is 13.2. The quantitative estimate of drug-likeness (QED) is 0.403. The minimum Gasteiger partial charge on any atom is -0.246 e. The van der Waals surface area contributed by atoms with E-state index in [0.29, 0.717) is 0 Å². The van der Waals surface area contributed by atoms with E-state index < -0.39 is 0 Å². The molecule has 0 unspecified atom stereocenters. The second kappa shape index (κ2) is 4.39. The van der Waals surface area contributed by atoms with Crippen LogP contribution in [-0.2, 0) is 6.42 Å². The highest BCUT2D eigenvalue weighted by Crippen LogP contribution is 2.41. The van der Waals surface area contributed by atoms with E-state index >= 15 is 0 Å². The number of benzene rings is 2. The van der Waals surface area contributed by atoms with Gasteiger partial charge in [-0.05, 0) is 48.2 Å². The summed E-state index contributed by atoms with van der Waals surface area (Å²) in [5.74, 6) is 0. The standard InChI is InChI=1S/C21H16N2/c1-12-14-7-3-5-9-18(14)22-20-16(12)11-17-13(2)15-8-4-6-10-19(15)23-21(17)20/h3-10H,11H2,1-2H3. The highest BCUT2D eigenvalue weighted by atomic mass is 14.8. The molecule has 0 bridgehead atoms. The molecule has 2 aromatic heterocycles. The van der Waals surface area contributed by atoms with Crippen molar-refractivity contribution in [1.29, 1.82) is 0 Å². The highest BCUT2D eigenvalue weighted by Gasteiger charge is 2.26. The molecule has 0 radical (unpaired) electrons. The Labute approximate surface area is 134 Å². The van der Waals surface area contributed by atoms with Gasteiger partial charge in [-0.15, -0.1) is 0 Å². The first-order valence-corrected chi connectivity index (χ1v) is 8.01. The van der Waals surface area contributed by atoms with Gasteiger partial charge in [0, 0.05) is 17.2 Å². The lowest BCUT2D eigenvalue weighted by molar-refractivity contribution is 1.18. The molecule has 2 heteroatoms. The van der Waals surface area contributed by atoms with Crippen LogP contribution in [0.3, 0.4) is 0 Å². The van der Waals surface area contributed by atoms with Gasteiger partial charge < -0.3 is 0 Å². The Morgan fingerprint density at radius 2 is 1.09 bits per heavy atom. The predicted octanol–water partition coefficient (Wildman–Crippen LogP) is 4.97. The molecule has 0 atom stereocenters. The summed E-state index contributed by atoms with van der Waals surface area (Å²) in [6.45, 7) is 4.42. The Morgan fingerprint density at radius 1 is 0.652 bits per heavy atom. The SMILES string of the molecule is Cc1c2c(nc3ccccc13)-c1nc3ccccc3c(C)c1C2. The van der Waals surface area contributed by atoms with Crippen LogP contribution < -0.4 is 0 Å². The number of hydrogen-bond acceptors (Lipinski definition) is 2. The summed E-state index contributed by atoms with van der Waals surface area (Å²) >= 11 is 0. The molecular formula is C21H16N2. The number of nitrogens with zero attached hydrogens (tertiary/aromatic N) is 2. The Balaban J connectivity index is 1.91. The molecule has 5 rings (SSSR count). The summed E-state index contributed by atoms with van der Waals surface area (Å²) in [5.41, 5.74) is 9.62. The molecule has 0 saturated carbocycles. The molecule has 0 fully saturated rings. The van der Waals surface area contributed by atoms with E-state index in [1.54, 1.807) is 0 Å². The average Bonchev–Trinajstić information content (AvgIpc) is 2.95. The second-order valence-corrected chi connectivity index (χ2v) is 6.34. The van der Waals surface area contributed by atoms with Crippen molar-refractivity contribution >= 4 is 21.8 Å². The van der Waals surface area contributed by atoms with Crippen LogP contribution in [0.5, 0.6) is 0 Å². The zero-order valence-electron chi connectivity index (χ0n) is 13.2. The molecule has 0 aliphatic heterocycles. The summed E-state index contributed by atoms with van der Waals surface area (Å²) in [6, 6.07) is 16.8. The monoisotopic (exact) mass is 296 g/mol. The first-order chi connectivity index (χ1) is 11.2. The Morgan fingerprint density at radius 3 is 1.57 bits per heavy atom. The van der Waals surface area contributed by atoms with Gasteiger partial charge in [0.1, 0.15) is 0 Å². The number of hydrogen-bond donors (Lipinski definition) is 0. The van der Waals surface area contributed by atoms with Crippen molar-refractivity contribution in [2.45, 2.75) is 20.3 Å². The maximum atomic E-state index is 4.94. The van der Waals surface area contributed by atoms with Gasteiger partial charge in [-0.1, -0.05) is 36.4 Å². The third kappa shape index (κ3) is 1.63. The third-order valence-electron chi connectivity index (χ3n) is 5.14. The van der Waals surface area contributed by atoms with Crippen LogP contribution in [0.1, 0.15) is 22.3 Å². The summed E-state index contributed by atoms with van der Waals surface area (Å²) in [6.07, 6.45) is 0.942. The van der Waals surface area contributed by atoms with Gasteiger partial charge in [-0.2, -0.15) is 0 Å². The maximum Gasteiger partial charge on any atom is 0.0935 e. The van der Waals surface area contributed by atoms with E-state index in [1.165, 1.54) is 33.0 Å². The lowest BCUT2D eigenvalue weighted by Crippen LogP contribution is -1.93. The van der Waals surface area contributed by atoms with Crippen molar-refractivity contribution in [3.8, 4) is 11.4 Å². The van der Waals surface area contributed by atoms with Crippen molar-refractivity contribution in [3.05, 3.63) is 70.8 Å². The van der Waals surface area contributed by atoms with Crippen LogP contribution >= 0.6 is 0 Å². The van der Waals surface area contributed by atoms with Crippen LogP contribution in [0.15, 0.2) is 48.5 Å². The summed E-state index contributed by atoms with van der Waals surface area (Å²) < 4.78 is 0. The summed E-state index contributed by atoms with van der Waals surface area (Å²) in [4.78, 5) is 9.89. The summed E-state index contributed by atoms with van der Waals surface area (Å²) in [5, 5.41) is 2.50. The van der Waals surface area contributed by atoms with E-state index in [9.17, 15) is 0 Å². The number of pyridine rings is 2. The first-order valence-electron chi connectivity index (χ1n) is 8.01. The largest absolute Gasteiger partial charge is 0.246 e. The van der Waals surface area contributed by atoms with Crippen LogP contribution in [-0.4, -0.2) is 9.97 Å². The van der Waals surface area contributed by atoms with Gasteiger partial charge in [0.15, 0.2) is 0 Å². The van der Waals surface area contributed by atoms with E-state index in [2.05, 4.69) is 62.4 Å². The summed E-state index contributed by atoms with van der Waals surface area (Å²) in [7, 11) is 0. The lowest BCUT2D eigenvalue weighted by Gasteiger charge is -2.08. The van der Waals surface area contributed by atoms with Gasteiger partial charge in [0.05, 0.1) is 22.4 Å². The normalized spacial score (nSPS) is 12.6. The fourth-order valence-corrected chi connectivity index (χ4v) is 3.83. The smallest absolute Gasteiger partial charge is 0.0935 e. The van der Waals surface area contributed by atoms with Gasteiger partial charge in [0.2, 0.25) is 0 Å². The van der Waals surface area contributed by atoms with Crippen molar-refractivity contribution in [2.75, 3.05) is 0 Å². The van der Waals surface area contributed by atoms with Gasteiger partial charge in [0.25, 0.3) is 0 Å². The van der Waals surface area contributed by atoms with Gasteiger partial charge >= 0.3 is 0 Å². The van der Waals surface area contributed by atoms with E-state index in [0.717, 1.165) is 28.8 Å². The molecule has 2 aromatic carbocycles. The Kier molecular flexibility index (Phi) is 2.44. The molecule has 1 aliphatic rings. The van der Waals surface area contributed by atoms with Crippen molar-refractivity contribution in [3.63, 3.8) is 0 Å². The molecule has 2 nitrogen and oxygen atoms in total. The molecule has 0 spiro atoms. The highest BCUT2D eigenvalue weighted by molar-refractivity contribution is 5.93. The van der Waals surface area contributed by atoms with Crippen LogP contribution in [0.25, 0.3) is 33.2 Å². The zero-order chi connectivity index (χ0) is 15.6. The maximum absolute atomic E-state index is 4.94. The lowest BCUT2D eigenvalue weighted by atomic mass is 10.00. The van der Waals surface area contributed by atoms with Crippen LogP contribution in [0, 0.1) is 13.8 Å². The molecule has 0 N–H and O–H groups in total. The van der Waals surface area contributed by atoms with Gasteiger partial charge in [-0.3, -0.25) is 0 Å². The molecule has 110 valence electrons. The minimum absolute atomic E-state index is 0.942. The molecule has 0 amide bonds. The molecule has 1 aliphatic carbocycles. The number of rotatable bonds is 0. The molecule has 4 aromatic rings. The van der Waals surface area contributed by atoms with E-state index in [4.69, 9.17) is 9.97 Å². The van der Waals surface area contributed by atoms with Crippen LogP contribution in [0.2, 0.25) is 0 Å². The number of fused-ring (bicyclic) bond motifs is 5. The topological polar surface area (TPSA) is 25.8 Å². The Hall–Kier alpha value is -2.74. The predicted molar refractivity (Wildman–Crippen MR) is 94.8 cm³/mol. The van der Waals surface area contributed by atoms with E-state index in [-0.39, 0.29) is 0 Å². The number of para-hydroxylation sites is 2. The molecule has 23 heavy (non-hydrogen) atoms. The van der Waals surface area contributed by atoms with Gasteiger partial charge in [-0.25, -0.2) is 9.97 Å². The second-order valence-electron chi connectivity index (χ2n) is 6.34. The first kappa shape index (κ1) is 12.8. The number of aryl methyl sites for hydroxylation is 2. The fraction of sp³-hybridized carbons (Fsp3) is 0.143. The van der Waals surface area contributed by atoms with Crippen molar-refractivity contribution in [2.24, 2.45) is 0 Å². The van der Waals surface area contributed by atoms with E-state index in [1.807, 2.05) is 0 Å².